The normalized spacial score (nSPS) is 11.3. The molecule has 0 radical (unpaired) electrons. The van der Waals surface area contributed by atoms with Gasteiger partial charge in [0.05, 0.1) is 0 Å². The second-order valence-electron chi connectivity index (χ2n) is 4.08. The van der Waals surface area contributed by atoms with Gasteiger partial charge in [0.25, 0.3) is 0 Å². The van der Waals surface area contributed by atoms with Crippen molar-refractivity contribution < 1.29 is 9.90 Å². The van der Waals surface area contributed by atoms with E-state index in [1.54, 1.807) is 7.05 Å². The van der Waals surface area contributed by atoms with Crippen molar-refractivity contribution in [2.75, 3.05) is 33.2 Å². The summed E-state index contributed by atoms with van der Waals surface area (Å²) >= 11 is 0. The number of hydrogen-bond donors (Lipinski definition) is 3. The Hall–Kier alpha value is -0.360. The van der Waals surface area contributed by atoms with Crippen LogP contribution in [0, 0.1) is 0 Å². The van der Waals surface area contributed by atoms with Crippen molar-refractivity contribution in [1.29, 1.82) is 0 Å². The van der Waals surface area contributed by atoms with Gasteiger partial charge in [0.2, 0.25) is 0 Å². The van der Waals surface area contributed by atoms with E-state index in [1.807, 2.05) is 0 Å². The number of nitrogens with one attached hydrogen (secondary N) is 1. The molecule has 0 heterocycles. The van der Waals surface area contributed by atoms with Crippen molar-refractivity contribution in [2.45, 2.75) is 46.1 Å². The van der Waals surface area contributed by atoms with E-state index in [0.717, 1.165) is 12.8 Å². The fraction of sp³-hybridized carbons (Fsp3) is 0.923. The Kier molecular flexibility index (Phi) is 22.0. The standard InChI is InChI=1S/C7H16N2O2.C6H15N.ClH/c1-9-6(7(10)11)4-2-3-5-8;1-4-7(5-2)6-3;/h6,9H,2-5,8H2,1H3,(H,10,11);4-6H2,1-3H3;1H. The zero-order chi connectivity index (χ0) is 14.4. The minimum absolute atomic E-state index is 0. The molecule has 4 N–H and O–H groups in total. The van der Waals surface area contributed by atoms with Crippen LogP contribution >= 0.6 is 12.4 Å². The first-order chi connectivity index (χ1) is 8.56. The molecule has 6 heteroatoms. The van der Waals surface area contributed by atoms with Gasteiger partial charge in [0.15, 0.2) is 0 Å². The van der Waals surface area contributed by atoms with Crippen LogP contribution < -0.4 is 11.1 Å². The highest BCUT2D eigenvalue weighted by atomic mass is 35.5. The Morgan fingerprint density at radius 2 is 1.68 bits per heavy atom. The highest BCUT2D eigenvalue weighted by Crippen LogP contribution is 1.99. The van der Waals surface area contributed by atoms with Crippen LogP contribution in [0.2, 0.25) is 0 Å². The molecule has 0 amide bonds. The summed E-state index contributed by atoms with van der Waals surface area (Å²) in [5.74, 6) is -0.787. The second kappa shape index (κ2) is 17.6. The molecule has 0 spiro atoms. The minimum atomic E-state index is -0.787. The molecule has 0 saturated heterocycles. The summed E-state index contributed by atoms with van der Waals surface area (Å²) in [5, 5.41) is 11.3. The van der Waals surface area contributed by atoms with Crippen LogP contribution in [0.3, 0.4) is 0 Å². The first kappa shape index (κ1) is 23.7. The molecule has 0 aromatic heterocycles. The number of carboxylic acids is 1. The van der Waals surface area contributed by atoms with Crippen molar-refractivity contribution in [3.05, 3.63) is 0 Å². The van der Waals surface area contributed by atoms with Crippen LogP contribution in [-0.4, -0.2) is 55.2 Å². The largest absolute Gasteiger partial charge is 0.480 e. The van der Waals surface area contributed by atoms with E-state index in [2.05, 4.69) is 31.0 Å². The minimum Gasteiger partial charge on any atom is -0.480 e. The van der Waals surface area contributed by atoms with Crippen molar-refractivity contribution in [1.82, 2.24) is 10.2 Å². The van der Waals surface area contributed by atoms with Crippen LogP contribution in [-0.2, 0) is 4.79 Å². The Labute approximate surface area is 124 Å². The molecule has 0 aromatic carbocycles. The number of nitrogens with two attached hydrogens (primary N) is 1. The Bertz CT molecular complexity index is 185. The van der Waals surface area contributed by atoms with Crippen LogP contribution in [0.25, 0.3) is 0 Å². The van der Waals surface area contributed by atoms with Crippen molar-refractivity contribution in [3.63, 3.8) is 0 Å². The van der Waals surface area contributed by atoms with Crippen LogP contribution in [0.1, 0.15) is 40.0 Å². The van der Waals surface area contributed by atoms with Gasteiger partial charge >= 0.3 is 5.97 Å². The third-order valence-electron chi connectivity index (χ3n) is 2.94. The molecule has 0 aromatic rings. The number of unbranched alkanes of at least 4 members (excludes halogenated alkanes) is 1. The summed E-state index contributed by atoms with van der Waals surface area (Å²) in [6.07, 6.45) is 2.42. The fourth-order valence-electron chi connectivity index (χ4n) is 1.55. The fourth-order valence-corrected chi connectivity index (χ4v) is 1.55. The van der Waals surface area contributed by atoms with Gasteiger partial charge < -0.3 is 21.1 Å². The van der Waals surface area contributed by atoms with Crippen molar-refractivity contribution in [3.8, 4) is 0 Å². The van der Waals surface area contributed by atoms with E-state index in [9.17, 15) is 4.79 Å². The maximum absolute atomic E-state index is 10.4. The molecule has 0 aliphatic rings. The van der Waals surface area contributed by atoms with E-state index in [4.69, 9.17) is 10.8 Å². The zero-order valence-electron chi connectivity index (χ0n) is 12.8. The lowest BCUT2D eigenvalue weighted by molar-refractivity contribution is -0.139. The van der Waals surface area contributed by atoms with E-state index in [0.29, 0.717) is 13.0 Å². The summed E-state index contributed by atoms with van der Waals surface area (Å²) in [5.41, 5.74) is 5.26. The first-order valence-electron chi connectivity index (χ1n) is 6.89. The van der Waals surface area contributed by atoms with Gasteiger partial charge in [0, 0.05) is 0 Å². The lowest BCUT2D eigenvalue weighted by Crippen LogP contribution is -2.33. The third-order valence-corrected chi connectivity index (χ3v) is 2.94. The Balaban J connectivity index is -0.000000280. The predicted octanol–water partition coefficient (Wildman–Crippen LogP) is 1.56. The summed E-state index contributed by atoms with van der Waals surface area (Å²) in [7, 11) is 1.65. The molecule has 0 fully saturated rings. The maximum atomic E-state index is 10.4. The van der Waals surface area contributed by atoms with Gasteiger partial charge in [-0.2, -0.15) is 0 Å². The average molecular weight is 298 g/mol. The number of carboxylic acid groups (broad SMARTS) is 1. The van der Waals surface area contributed by atoms with Gasteiger partial charge in [-0.3, -0.25) is 4.79 Å². The van der Waals surface area contributed by atoms with Crippen LogP contribution in [0.5, 0.6) is 0 Å². The summed E-state index contributed by atoms with van der Waals surface area (Å²) in [4.78, 5) is 12.8. The van der Waals surface area contributed by atoms with Crippen molar-refractivity contribution in [2.24, 2.45) is 5.73 Å². The smallest absolute Gasteiger partial charge is 0.320 e. The molecular formula is C13H32ClN3O2. The molecule has 118 valence electrons. The number of hydrogen-bond acceptors (Lipinski definition) is 4. The lowest BCUT2D eigenvalue weighted by Gasteiger charge is -2.13. The number of likely N-dealkylation sites (N-methyl/N-ethyl adjacent to an activating group) is 1. The monoisotopic (exact) mass is 297 g/mol. The van der Waals surface area contributed by atoms with Gasteiger partial charge in [0.1, 0.15) is 6.04 Å². The van der Waals surface area contributed by atoms with E-state index in [-0.39, 0.29) is 12.4 Å². The SMILES string of the molecule is CCN(CC)CC.CNC(CCCCN)C(=O)O.Cl. The molecule has 19 heavy (non-hydrogen) atoms. The predicted molar refractivity (Wildman–Crippen MR) is 84.1 cm³/mol. The maximum Gasteiger partial charge on any atom is 0.320 e. The number of rotatable bonds is 9. The molecule has 0 aliphatic carbocycles. The molecule has 0 saturated carbocycles. The first-order valence-corrected chi connectivity index (χ1v) is 6.89. The number of aliphatic carboxylic acids is 1. The molecule has 1 atom stereocenters. The average Bonchev–Trinajstić information content (AvgIpc) is 2.37. The van der Waals surface area contributed by atoms with Crippen LogP contribution in [0.15, 0.2) is 0 Å². The topological polar surface area (TPSA) is 78.6 Å². The number of carbonyl (C=O) groups is 1. The van der Waals surface area contributed by atoms with E-state index < -0.39 is 12.0 Å². The highest BCUT2D eigenvalue weighted by Gasteiger charge is 2.12. The van der Waals surface area contributed by atoms with Gasteiger partial charge in [-0.25, -0.2) is 0 Å². The molecule has 0 aliphatic heterocycles. The molecule has 1 unspecified atom stereocenters. The molecule has 0 rings (SSSR count). The van der Waals surface area contributed by atoms with Gasteiger partial charge in [-0.1, -0.05) is 27.2 Å². The second-order valence-corrected chi connectivity index (χ2v) is 4.08. The Morgan fingerprint density at radius 3 is 1.89 bits per heavy atom. The molecule has 0 bridgehead atoms. The van der Waals surface area contributed by atoms with Crippen molar-refractivity contribution >= 4 is 18.4 Å². The summed E-state index contributed by atoms with van der Waals surface area (Å²) in [6, 6.07) is -0.415. The van der Waals surface area contributed by atoms with Gasteiger partial charge in [-0.05, 0) is 46.1 Å². The summed E-state index contributed by atoms with van der Waals surface area (Å²) < 4.78 is 0. The molecular weight excluding hydrogens is 266 g/mol. The van der Waals surface area contributed by atoms with E-state index >= 15 is 0 Å². The number of halogens is 1. The lowest BCUT2D eigenvalue weighted by atomic mass is 10.1. The molecule has 5 nitrogen and oxygen atoms in total. The number of nitrogens with zero attached hydrogens (tertiary/aromatic N) is 1. The van der Waals surface area contributed by atoms with Gasteiger partial charge in [-0.15, -0.1) is 12.4 Å². The van der Waals surface area contributed by atoms with Crippen LogP contribution in [0.4, 0.5) is 0 Å². The highest BCUT2D eigenvalue weighted by molar-refractivity contribution is 5.85. The Morgan fingerprint density at radius 1 is 1.21 bits per heavy atom. The quantitative estimate of drug-likeness (QED) is 0.563. The summed E-state index contributed by atoms with van der Waals surface area (Å²) in [6.45, 7) is 10.8. The van der Waals surface area contributed by atoms with E-state index in [1.165, 1.54) is 19.6 Å². The zero-order valence-corrected chi connectivity index (χ0v) is 13.6. The third kappa shape index (κ3) is 15.6.